The summed E-state index contributed by atoms with van der Waals surface area (Å²) in [6.45, 7) is 3.74. The average Bonchev–Trinajstić information content (AvgIpc) is 3.22. The normalized spacial score (nSPS) is 12.1. The first kappa shape index (κ1) is 25.0. The molecule has 0 saturated heterocycles. The van der Waals surface area contributed by atoms with Gasteiger partial charge in [0.25, 0.3) is 0 Å². The molecule has 2 aromatic heterocycles. The molecule has 1 amide bonds. The van der Waals surface area contributed by atoms with Gasteiger partial charge in [0.05, 0.1) is 0 Å². The maximum atomic E-state index is 12.8. The number of carbonyl (C=O) groups excluding carboxylic acids is 1. The molecule has 0 aliphatic carbocycles. The van der Waals surface area contributed by atoms with Gasteiger partial charge in [0.15, 0.2) is 0 Å². The van der Waals surface area contributed by atoms with Crippen molar-refractivity contribution in [3.63, 3.8) is 0 Å². The number of aryl methyl sites for hydroxylation is 2. The maximum Gasteiger partial charge on any atom is 0.339 e. The Hall–Kier alpha value is -4.65. The number of carbonyl (C=O) groups is 2. The van der Waals surface area contributed by atoms with E-state index in [1.807, 2.05) is 80.6 Å². The highest BCUT2D eigenvalue weighted by atomic mass is 16.4. The molecule has 0 aliphatic rings. The highest BCUT2D eigenvalue weighted by Crippen LogP contribution is 2.37. The number of carboxylic acids is 1. The number of hydrogen-bond acceptors (Lipinski definition) is 5. The van der Waals surface area contributed by atoms with Crippen molar-refractivity contribution in [2.45, 2.75) is 39.2 Å². The molecule has 5 rings (SSSR count). The second-order valence-electron chi connectivity index (χ2n) is 9.38. The van der Waals surface area contributed by atoms with Crippen molar-refractivity contribution in [3.05, 3.63) is 106 Å². The molecule has 3 aromatic carbocycles. The topological polar surface area (TPSA) is 110 Å². The van der Waals surface area contributed by atoms with Gasteiger partial charge < -0.3 is 19.3 Å². The molecule has 2 heterocycles. The SMILES string of the molecule is Cc1oc2cc3oc(=O)c(CCC(=O)NC(Cc4ccccc4)C(=O)O)c(C)c3cc2c1-c1ccccc1. The average molecular weight is 510 g/mol. The summed E-state index contributed by atoms with van der Waals surface area (Å²) in [5.74, 6) is -0.793. The summed E-state index contributed by atoms with van der Waals surface area (Å²) >= 11 is 0. The zero-order chi connectivity index (χ0) is 26.8. The molecule has 0 bridgehead atoms. The predicted octanol–water partition coefficient (Wildman–Crippen LogP) is 5.57. The quantitative estimate of drug-likeness (QED) is 0.265. The van der Waals surface area contributed by atoms with Crippen LogP contribution in [-0.2, 0) is 22.4 Å². The smallest absolute Gasteiger partial charge is 0.339 e. The van der Waals surface area contributed by atoms with Crippen LogP contribution in [0.5, 0.6) is 0 Å². The molecule has 0 spiro atoms. The number of nitrogens with one attached hydrogen (secondary N) is 1. The largest absolute Gasteiger partial charge is 0.480 e. The Morgan fingerprint density at radius 1 is 0.895 bits per heavy atom. The van der Waals surface area contributed by atoms with Gasteiger partial charge in [0, 0.05) is 40.8 Å². The van der Waals surface area contributed by atoms with Crippen LogP contribution in [0.1, 0.15) is 28.9 Å². The van der Waals surface area contributed by atoms with Crippen molar-refractivity contribution in [3.8, 4) is 11.1 Å². The Bertz CT molecular complexity index is 1700. The van der Waals surface area contributed by atoms with Crippen molar-refractivity contribution < 1.29 is 23.5 Å². The van der Waals surface area contributed by atoms with Gasteiger partial charge in [-0.2, -0.15) is 0 Å². The third kappa shape index (κ3) is 4.95. The Morgan fingerprint density at radius 3 is 2.24 bits per heavy atom. The molecule has 7 nitrogen and oxygen atoms in total. The predicted molar refractivity (Wildman–Crippen MR) is 145 cm³/mol. The van der Waals surface area contributed by atoms with E-state index in [1.54, 1.807) is 6.07 Å². The van der Waals surface area contributed by atoms with Crippen LogP contribution < -0.4 is 10.9 Å². The third-order valence-corrected chi connectivity index (χ3v) is 6.85. The Morgan fingerprint density at radius 2 is 1.55 bits per heavy atom. The molecule has 0 aliphatic heterocycles. The maximum absolute atomic E-state index is 12.8. The number of fused-ring (bicyclic) bond motifs is 2. The van der Waals surface area contributed by atoms with E-state index in [9.17, 15) is 19.5 Å². The van der Waals surface area contributed by atoms with Crippen molar-refractivity contribution in [2.75, 3.05) is 0 Å². The number of benzene rings is 3. The van der Waals surface area contributed by atoms with Crippen LogP contribution in [0, 0.1) is 13.8 Å². The lowest BCUT2D eigenvalue weighted by Crippen LogP contribution is -2.42. The minimum absolute atomic E-state index is 0.0436. The molecular formula is C31H27NO6. The summed E-state index contributed by atoms with van der Waals surface area (Å²) in [6, 6.07) is 21.7. The number of carboxylic acid groups (broad SMARTS) is 1. The van der Waals surface area contributed by atoms with E-state index >= 15 is 0 Å². The first-order valence-electron chi connectivity index (χ1n) is 12.4. The Kier molecular flexibility index (Phi) is 6.83. The molecule has 1 unspecified atom stereocenters. The monoisotopic (exact) mass is 509 g/mol. The Labute approximate surface area is 218 Å². The van der Waals surface area contributed by atoms with E-state index in [0.717, 1.165) is 38.8 Å². The van der Waals surface area contributed by atoms with Crippen molar-refractivity contribution in [1.82, 2.24) is 5.32 Å². The summed E-state index contributed by atoms with van der Waals surface area (Å²) in [4.78, 5) is 37.2. The highest BCUT2D eigenvalue weighted by Gasteiger charge is 2.22. The summed E-state index contributed by atoms with van der Waals surface area (Å²) in [6.07, 6.45) is 0.253. The molecule has 0 radical (unpaired) electrons. The van der Waals surface area contributed by atoms with Gasteiger partial charge in [0.1, 0.15) is 23.0 Å². The van der Waals surface area contributed by atoms with E-state index in [0.29, 0.717) is 16.7 Å². The molecule has 7 heteroatoms. The van der Waals surface area contributed by atoms with Gasteiger partial charge >= 0.3 is 11.6 Å². The van der Waals surface area contributed by atoms with Gasteiger partial charge in [-0.15, -0.1) is 0 Å². The second-order valence-corrected chi connectivity index (χ2v) is 9.38. The molecule has 0 fully saturated rings. The molecule has 0 saturated carbocycles. The van der Waals surface area contributed by atoms with Gasteiger partial charge in [-0.3, -0.25) is 4.79 Å². The molecule has 192 valence electrons. The fourth-order valence-corrected chi connectivity index (χ4v) is 4.91. The van der Waals surface area contributed by atoms with E-state index in [2.05, 4.69) is 5.32 Å². The van der Waals surface area contributed by atoms with Crippen molar-refractivity contribution in [2.24, 2.45) is 0 Å². The van der Waals surface area contributed by atoms with Crippen LogP contribution in [0.25, 0.3) is 33.1 Å². The van der Waals surface area contributed by atoms with E-state index in [4.69, 9.17) is 8.83 Å². The lowest BCUT2D eigenvalue weighted by Gasteiger charge is -2.15. The van der Waals surface area contributed by atoms with Crippen LogP contribution in [-0.4, -0.2) is 23.0 Å². The number of aliphatic carboxylic acids is 1. The lowest BCUT2D eigenvalue weighted by atomic mass is 9.98. The fraction of sp³-hybridized carbons (Fsp3) is 0.194. The number of hydrogen-bond donors (Lipinski definition) is 2. The number of rotatable bonds is 8. The first-order chi connectivity index (χ1) is 18.3. The van der Waals surface area contributed by atoms with Crippen LogP contribution in [0.15, 0.2) is 86.4 Å². The summed E-state index contributed by atoms with van der Waals surface area (Å²) in [7, 11) is 0. The second kappa shape index (κ2) is 10.4. The van der Waals surface area contributed by atoms with Gasteiger partial charge in [-0.05, 0) is 43.0 Å². The fourth-order valence-electron chi connectivity index (χ4n) is 4.91. The summed E-state index contributed by atoms with van der Waals surface area (Å²) in [5.41, 5.74) is 4.45. The number of furan rings is 1. The molecular weight excluding hydrogens is 482 g/mol. The lowest BCUT2D eigenvalue weighted by molar-refractivity contribution is -0.141. The van der Waals surface area contributed by atoms with Gasteiger partial charge in [-0.25, -0.2) is 9.59 Å². The Balaban J connectivity index is 1.41. The van der Waals surface area contributed by atoms with Crippen LogP contribution >= 0.6 is 0 Å². The van der Waals surface area contributed by atoms with Gasteiger partial charge in [-0.1, -0.05) is 60.7 Å². The van der Waals surface area contributed by atoms with E-state index < -0.39 is 23.5 Å². The summed E-state index contributed by atoms with van der Waals surface area (Å²) < 4.78 is 11.6. The minimum atomic E-state index is -1.11. The third-order valence-electron chi connectivity index (χ3n) is 6.85. The van der Waals surface area contributed by atoms with E-state index in [-0.39, 0.29) is 19.3 Å². The highest BCUT2D eigenvalue weighted by molar-refractivity contribution is 6.03. The minimum Gasteiger partial charge on any atom is -0.480 e. The van der Waals surface area contributed by atoms with Crippen LogP contribution in [0.2, 0.25) is 0 Å². The zero-order valence-corrected chi connectivity index (χ0v) is 21.1. The molecule has 2 N–H and O–H groups in total. The van der Waals surface area contributed by atoms with Crippen molar-refractivity contribution in [1.29, 1.82) is 0 Å². The zero-order valence-electron chi connectivity index (χ0n) is 21.1. The van der Waals surface area contributed by atoms with E-state index in [1.165, 1.54) is 0 Å². The first-order valence-corrected chi connectivity index (χ1v) is 12.4. The van der Waals surface area contributed by atoms with Crippen LogP contribution in [0.4, 0.5) is 0 Å². The van der Waals surface area contributed by atoms with Crippen LogP contribution in [0.3, 0.4) is 0 Å². The standard InChI is InChI=1S/C31H27NO6/c1-18-22(13-14-28(33)32-25(30(34)35)15-20-9-5-3-6-10-20)31(36)38-26-17-27-24(16-23(18)26)29(19(2)37-27)21-11-7-4-8-12-21/h3-12,16-17,25H,13-15H2,1-2H3,(H,32,33)(H,34,35). The molecule has 5 aromatic rings. The van der Waals surface area contributed by atoms with Gasteiger partial charge in [0.2, 0.25) is 5.91 Å². The van der Waals surface area contributed by atoms with Crippen molar-refractivity contribution >= 4 is 33.8 Å². The number of amides is 1. The summed E-state index contributed by atoms with van der Waals surface area (Å²) in [5, 5.41) is 13.8. The molecule has 1 atom stereocenters. The molecule has 38 heavy (non-hydrogen) atoms.